The van der Waals surface area contributed by atoms with Gasteiger partial charge in [-0.2, -0.15) is 0 Å². The number of unbranched alkanes of at least 4 members (excludes halogenated alkanes) is 5. The van der Waals surface area contributed by atoms with Crippen molar-refractivity contribution in [1.29, 1.82) is 0 Å². The first kappa shape index (κ1) is 13.1. The highest BCUT2D eigenvalue weighted by Gasteiger charge is 1.86. The van der Waals surface area contributed by atoms with Gasteiger partial charge in [-0.25, -0.2) is 0 Å². The third kappa shape index (κ3) is 11.3. The van der Waals surface area contributed by atoms with Gasteiger partial charge in [0.05, 0.1) is 0 Å². The molecule has 0 saturated carbocycles. The lowest BCUT2D eigenvalue weighted by atomic mass is 10.1. The molecule has 0 fully saturated rings. The predicted octanol–water partition coefficient (Wildman–Crippen LogP) is 1.16. The average molecular weight is 160 g/mol. The fraction of sp³-hybridized carbons (Fsp3) is 1.00. The maximum absolute atomic E-state index is 8.42. The van der Waals surface area contributed by atoms with Gasteiger partial charge >= 0.3 is 0 Å². The monoisotopic (exact) mass is 160 g/mol. The molecule has 0 aliphatic heterocycles. The van der Waals surface area contributed by atoms with Gasteiger partial charge in [-0.05, 0) is 6.42 Å². The van der Waals surface area contributed by atoms with Gasteiger partial charge in [0.15, 0.2) is 17.4 Å². The van der Waals surface area contributed by atoms with E-state index in [0.29, 0.717) is 6.61 Å². The van der Waals surface area contributed by atoms with Gasteiger partial charge < -0.3 is 5.11 Å². The van der Waals surface area contributed by atoms with Crippen molar-refractivity contribution in [1.82, 2.24) is 0 Å². The second-order valence-electron chi connectivity index (χ2n) is 2.49. The quantitative estimate of drug-likeness (QED) is 0.456. The van der Waals surface area contributed by atoms with Crippen molar-refractivity contribution < 1.29 is 5.11 Å². The van der Waals surface area contributed by atoms with Gasteiger partial charge in [0.2, 0.25) is 0 Å². The molecule has 10 heavy (non-hydrogen) atoms. The highest BCUT2D eigenvalue weighted by Crippen LogP contribution is 2.03. The van der Waals surface area contributed by atoms with E-state index in [0.717, 1.165) is 6.42 Å². The number of rotatable bonds is 6. The Morgan fingerprint density at radius 2 is 1.40 bits per heavy atom. The summed E-state index contributed by atoms with van der Waals surface area (Å²) in [4.78, 5) is 0. The van der Waals surface area contributed by atoms with Gasteiger partial charge in [-0.15, -0.1) is 0 Å². The largest absolute Gasteiger partial charge is 0.396 e. The lowest BCUT2D eigenvalue weighted by molar-refractivity contribution is 0.282. The molecule has 0 unspecified atom stereocenters. The maximum Gasteiger partial charge on any atom is 0.187 e. The number of hydrogen-bond donors (Lipinski definition) is 1. The van der Waals surface area contributed by atoms with Crippen LogP contribution in [0.15, 0.2) is 0 Å². The van der Waals surface area contributed by atoms with Crippen LogP contribution in [0, 0.1) is 0 Å². The summed E-state index contributed by atoms with van der Waals surface area (Å²) in [5.74, 6) is 0. The van der Waals surface area contributed by atoms with E-state index in [4.69, 9.17) is 5.11 Å². The SMILES string of the molecule is CCCCCCCCO.[AlH3]. The van der Waals surface area contributed by atoms with Crippen molar-refractivity contribution in [2.24, 2.45) is 0 Å². The van der Waals surface area contributed by atoms with Crippen molar-refractivity contribution in [2.75, 3.05) is 6.61 Å². The van der Waals surface area contributed by atoms with E-state index in [1.165, 1.54) is 32.1 Å². The molecule has 0 spiro atoms. The summed E-state index contributed by atoms with van der Waals surface area (Å²) in [7, 11) is 0. The minimum Gasteiger partial charge on any atom is -0.396 e. The van der Waals surface area contributed by atoms with E-state index >= 15 is 0 Å². The fourth-order valence-electron chi connectivity index (χ4n) is 0.892. The molecule has 0 aliphatic rings. The van der Waals surface area contributed by atoms with Crippen LogP contribution in [0.4, 0.5) is 0 Å². The van der Waals surface area contributed by atoms with E-state index in [2.05, 4.69) is 6.92 Å². The van der Waals surface area contributed by atoms with Crippen LogP contribution in [-0.2, 0) is 0 Å². The normalized spacial score (nSPS) is 9.00. The number of hydrogen-bond acceptors (Lipinski definition) is 1. The van der Waals surface area contributed by atoms with Crippen LogP contribution >= 0.6 is 0 Å². The summed E-state index contributed by atoms with van der Waals surface area (Å²) in [5.41, 5.74) is 0. The van der Waals surface area contributed by atoms with E-state index in [9.17, 15) is 0 Å². The average Bonchev–Trinajstić information content (AvgIpc) is 1.89. The Hall–Kier alpha value is 0.492. The summed E-state index contributed by atoms with van der Waals surface area (Å²) in [6.07, 6.45) is 7.50. The highest BCUT2D eigenvalue weighted by atomic mass is 27.0. The molecule has 0 rings (SSSR count). The molecule has 62 valence electrons. The van der Waals surface area contributed by atoms with Crippen LogP contribution in [0.3, 0.4) is 0 Å². The van der Waals surface area contributed by atoms with E-state index < -0.39 is 0 Å². The molecule has 0 bridgehead atoms. The second-order valence-corrected chi connectivity index (χ2v) is 2.49. The van der Waals surface area contributed by atoms with Crippen LogP contribution in [0.2, 0.25) is 0 Å². The Kier molecular flexibility index (Phi) is 16.0. The van der Waals surface area contributed by atoms with Crippen molar-refractivity contribution >= 4 is 17.4 Å². The van der Waals surface area contributed by atoms with Gasteiger partial charge in [-0.1, -0.05) is 39.0 Å². The second kappa shape index (κ2) is 12.2. The zero-order chi connectivity index (χ0) is 6.95. The van der Waals surface area contributed by atoms with Crippen molar-refractivity contribution in [2.45, 2.75) is 45.4 Å². The molecule has 1 nitrogen and oxygen atoms in total. The topological polar surface area (TPSA) is 20.2 Å². The van der Waals surface area contributed by atoms with E-state index in [-0.39, 0.29) is 17.4 Å². The molecule has 0 amide bonds. The minimum absolute atomic E-state index is 0. The van der Waals surface area contributed by atoms with Crippen LogP contribution in [-0.4, -0.2) is 29.1 Å². The summed E-state index contributed by atoms with van der Waals surface area (Å²) in [5, 5.41) is 8.42. The fourth-order valence-corrected chi connectivity index (χ4v) is 0.892. The maximum atomic E-state index is 8.42. The third-order valence-electron chi connectivity index (χ3n) is 1.51. The van der Waals surface area contributed by atoms with Crippen molar-refractivity contribution in [3.8, 4) is 0 Å². The lowest BCUT2D eigenvalue weighted by Gasteiger charge is -1.95. The molecule has 0 aromatic heterocycles. The van der Waals surface area contributed by atoms with Crippen molar-refractivity contribution in [3.05, 3.63) is 0 Å². The summed E-state index contributed by atoms with van der Waals surface area (Å²) < 4.78 is 0. The molecule has 0 aromatic rings. The third-order valence-corrected chi connectivity index (χ3v) is 1.51. The smallest absolute Gasteiger partial charge is 0.187 e. The molecular formula is C8H21AlO. The molecule has 0 heterocycles. The lowest BCUT2D eigenvalue weighted by Crippen LogP contribution is -1.82. The Bertz CT molecular complexity index is 42.5. The highest BCUT2D eigenvalue weighted by molar-refractivity contribution is 5.75. The first-order valence-electron chi connectivity index (χ1n) is 4.02. The molecule has 0 atom stereocenters. The molecular weight excluding hydrogens is 139 g/mol. The van der Waals surface area contributed by atoms with Gasteiger partial charge in [0.25, 0.3) is 0 Å². The van der Waals surface area contributed by atoms with Gasteiger partial charge in [0, 0.05) is 6.61 Å². The molecule has 0 aromatic carbocycles. The first-order valence-corrected chi connectivity index (χ1v) is 4.02. The zero-order valence-corrected chi connectivity index (χ0v) is 6.40. The van der Waals surface area contributed by atoms with Crippen molar-refractivity contribution in [3.63, 3.8) is 0 Å². The Morgan fingerprint density at radius 1 is 0.900 bits per heavy atom. The van der Waals surface area contributed by atoms with E-state index in [1.807, 2.05) is 0 Å². The molecule has 2 heteroatoms. The number of aliphatic hydroxyl groups excluding tert-OH is 1. The van der Waals surface area contributed by atoms with Gasteiger partial charge in [-0.3, -0.25) is 0 Å². The van der Waals surface area contributed by atoms with Crippen LogP contribution in [0.25, 0.3) is 0 Å². The molecule has 0 aliphatic carbocycles. The summed E-state index contributed by atoms with van der Waals surface area (Å²) in [6, 6.07) is 0. The standard InChI is InChI=1S/C8H18O.Al.3H/c1-2-3-4-5-6-7-8-9;;;;/h9H,2-8H2,1H3;;;;. The Balaban J connectivity index is 0. The molecule has 0 saturated heterocycles. The predicted molar refractivity (Wildman–Crippen MR) is 50.4 cm³/mol. The Labute approximate surface area is 75.0 Å². The molecule has 0 radical (unpaired) electrons. The molecule has 1 N–H and O–H groups in total. The summed E-state index contributed by atoms with van der Waals surface area (Å²) in [6.45, 7) is 2.58. The Morgan fingerprint density at radius 3 is 1.90 bits per heavy atom. The first-order chi connectivity index (χ1) is 4.41. The minimum atomic E-state index is 0. The van der Waals surface area contributed by atoms with Crippen LogP contribution in [0.5, 0.6) is 0 Å². The van der Waals surface area contributed by atoms with Crippen LogP contribution in [0.1, 0.15) is 45.4 Å². The number of aliphatic hydroxyl groups is 1. The van der Waals surface area contributed by atoms with Crippen LogP contribution < -0.4 is 0 Å². The van der Waals surface area contributed by atoms with E-state index in [1.54, 1.807) is 0 Å². The zero-order valence-electron chi connectivity index (χ0n) is 6.40. The van der Waals surface area contributed by atoms with Gasteiger partial charge in [0.1, 0.15) is 0 Å². The summed E-state index contributed by atoms with van der Waals surface area (Å²) >= 11 is 0.